The van der Waals surface area contributed by atoms with Crippen LogP contribution >= 0.6 is 23.6 Å². The molecule has 6 heteroatoms. The Morgan fingerprint density at radius 3 is 2.40 bits per heavy atom. The summed E-state index contributed by atoms with van der Waals surface area (Å²) in [4.78, 5) is 18.0. The van der Waals surface area contributed by atoms with Gasteiger partial charge in [0.15, 0.2) is 0 Å². The highest BCUT2D eigenvalue weighted by atomic mass is 32.1. The lowest BCUT2D eigenvalue weighted by atomic mass is 10.0. The Morgan fingerprint density at radius 2 is 1.95 bits per heavy atom. The number of aryl methyl sites for hydroxylation is 1. The van der Waals surface area contributed by atoms with Crippen molar-refractivity contribution in [3.8, 4) is 0 Å². The molecular formula is C14H21N3OS2. The molecule has 0 bridgehead atoms. The number of thiocarbonyl (C=S) groups is 1. The van der Waals surface area contributed by atoms with Crippen molar-refractivity contribution in [2.45, 2.75) is 26.3 Å². The zero-order valence-electron chi connectivity index (χ0n) is 12.2. The van der Waals surface area contributed by atoms with Crippen LogP contribution in [0.1, 0.15) is 29.1 Å². The number of carbonyl (C=O) groups is 1. The third-order valence-electron chi connectivity index (χ3n) is 4.02. The Morgan fingerprint density at radius 1 is 1.35 bits per heavy atom. The van der Waals surface area contributed by atoms with Gasteiger partial charge in [0, 0.05) is 26.2 Å². The molecule has 0 spiro atoms. The first-order valence-electron chi connectivity index (χ1n) is 6.72. The van der Waals surface area contributed by atoms with Crippen LogP contribution in [0.15, 0.2) is 11.4 Å². The largest absolute Gasteiger partial charge is 0.392 e. The standard InChI is InChI=1S/C14H21N3OS2/c1-10-4-9-20-11(10)12(18)16-5-7-17(8-6-16)14(2,3)13(15)19/h4,9H,5-8H2,1-3H3,(H2,15,19). The summed E-state index contributed by atoms with van der Waals surface area (Å²) in [5, 5.41) is 1.97. The van der Waals surface area contributed by atoms with E-state index in [0.29, 0.717) is 4.99 Å². The number of rotatable bonds is 3. The predicted molar refractivity (Wildman–Crippen MR) is 87.4 cm³/mol. The van der Waals surface area contributed by atoms with E-state index in [1.807, 2.05) is 37.1 Å². The summed E-state index contributed by atoms with van der Waals surface area (Å²) >= 11 is 6.65. The van der Waals surface area contributed by atoms with Crippen LogP contribution in [-0.2, 0) is 0 Å². The fourth-order valence-corrected chi connectivity index (χ4v) is 3.38. The van der Waals surface area contributed by atoms with Crippen molar-refractivity contribution in [1.82, 2.24) is 9.80 Å². The van der Waals surface area contributed by atoms with Gasteiger partial charge in [-0.05, 0) is 37.8 Å². The Kier molecular flexibility index (Phi) is 4.46. The van der Waals surface area contributed by atoms with Crippen molar-refractivity contribution in [3.63, 3.8) is 0 Å². The molecule has 1 aliphatic heterocycles. The second-order valence-electron chi connectivity index (χ2n) is 5.64. The highest BCUT2D eigenvalue weighted by Crippen LogP contribution is 2.21. The molecule has 0 saturated carbocycles. The smallest absolute Gasteiger partial charge is 0.264 e. The quantitative estimate of drug-likeness (QED) is 0.866. The van der Waals surface area contributed by atoms with Gasteiger partial charge < -0.3 is 10.6 Å². The van der Waals surface area contributed by atoms with E-state index >= 15 is 0 Å². The van der Waals surface area contributed by atoms with E-state index in [2.05, 4.69) is 4.90 Å². The minimum Gasteiger partial charge on any atom is -0.392 e. The molecule has 2 heterocycles. The summed E-state index contributed by atoms with van der Waals surface area (Å²) in [5.41, 5.74) is 6.58. The Balaban J connectivity index is 2.00. The van der Waals surface area contributed by atoms with E-state index in [-0.39, 0.29) is 11.4 Å². The van der Waals surface area contributed by atoms with Gasteiger partial charge in [-0.25, -0.2) is 0 Å². The minimum atomic E-state index is -0.288. The molecule has 2 N–H and O–H groups in total. The van der Waals surface area contributed by atoms with Gasteiger partial charge in [0.05, 0.1) is 15.4 Å². The zero-order valence-corrected chi connectivity index (χ0v) is 13.8. The maximum absolute atomic E-state index is 12.4. The van der Waals surface area contributed by atoms with Crippen LogP contribution in [0.4, 0.5) is 0 Å². The lowest BCUT2D eigenvalue weighted by Crippen LogP contribution is -2.59. The number of nitrogens with zero attached hydrogens (tertiary/aromatic N) is 2. The monoisotopic (exact) mass is 311 g/mol. The lowest BCUT2D eigenvalue weighted by Gasteiger charge is -2.43. The van der Waals surface area contributed by atoms with E-state index < -0.39 is 0 Å². The van der Waals surface area contributed by atoms with E-state index in [9.17, 15) is 4.79 Å². The van der Waals surface area contributed by atoms with Gasteiger partial charge in [-0.3, -0.25) is 9.69 Å². The summed E-state index contributed by atoms with van der Waals surface area (Å²) in [5.74, 6) is 0.144. The van der Waals surface area contributed by atoms with Crippen molar-refractivity contribution in [2.75, 3.05) is 26.2 Å². The molecule has 1 amide bonds. The van der Waals surface area contributed by atoms with Gasteiger partial charge in [0.2, 0.25) is 0 Å². The van der Waals surface area contributed by atoms with Gasteiger partial charge in [-0.2, -0.15) is 0 Å². The van der Waals surface area contributed by atoms with E-state index in [4.69, 9.17) is 18.0 Å². The first-order valence-corrected chi connectivity index (χ1v) is 8.01. The number of amides is 1. The fourth-order valence-electron chi connectivity index (χ4n) is 2.36. The minimum absolute atomic E-state index is 0.144. The summed E-state index contributed by atoms with van der Waals surface area (Å²) in [7, 11) is 0. The molecule has 0 unspecified atom stereocenters. The molecule has 0 aromatic carbocycles. The van der Waals surface area contributed by atoms with Crippen molar-refractivity contribution < 1.29 is 4.79 Å². The molecule has 110 valence electrons. The van der Waals surface area contributed by atoms with Crippen LogP contribution in [0.3, 0.4) is 0 Å². The Bertz CT molecular complexity index is 516. The molecule has 2 rings (SSSR count). The molecule has 0 radical (unpaired) electrons. The SMILES string of the molecule is Cc1ccsc1C(=O)N1CCN(C(C)(C)C(N)=S)CC1. The molecule has 20 heavy (non-hydrogen) atoms. The molecule has 1 aromatic heterocycles. The van der Waals surface area contributed by atoms with E-state index in [1.165, 1.54) is 11.3 Å². The average Bonchev–Trinajstić information content (AvgIpc) is 2.84. The van der Waals surface area contributed by atoms with Crippen LogP contribution in [0.2, 0.25) is 0 Å². The predicted octanol–water partition coefficient (Wildman–Crippen LogP) is 1.88. The summed E-state index contributed by atoms with van der Waals surface area (Å²) < 4.78 is 0. The molecule has 0 aliphatic carbocycles. The molecular weight excluding hydrogens is 290 g/mol. The molecule has 1 aliphatic rings. The number of piperazine rings is 1. The molecule has 0 atom stereocenters. The van der Waals surface area contributed by atoms with Gasteiger partial charge in [-0.1, -0.05) is 12.2 Å². The molecule has 1 aromatic rings. The van der Waals surface area contributed by atoms with Crippen molar-refractivity contribution in [1.29, 1.82) is 0 Å². The lowest BCUT2D eigenvalue weighted by molar-refractivity contribution is 0.0543. The van der Waals surface area contributed by atoms with Gasteiger partial charge in [-0.15, -0.1) is 11.3 Å². The van der Waals surface area contributed by atoms with Crippen molar-refractivity contribution in [2.24, 2.45) is 5.73 Å². The third-order valence-corrected chi connectivity index (χ3v) is 5.52. The molecule has 4 nitrogen and oxygen atoms in total. The maximum atomic E-state index is 12.4. The first kappa shape index (κ1) is 15.4. The summed E-state index contributed by atoms with van der Waals surface area (Å²) in [6.07, 6.45) is 0. The second-order valence-corrected chi connectivity index (χ2v) is 6.99. The van der Waals surface area contributed by atoms with E-state index in [1.54, 1.807) is 0 Å². The number of hydrogen-bond donors (Lipinski definition) is 1. The van der Waals surface area contributed by atoms with Crippen LogP contribution in [0, 0.1) is 6.92 Å². The topological polar surface area (TPSA) is 49.6 Å². The number of thiophene rings is 1. The molecule has 1 fully saturated rings. The second kappa shape index (κ2) is 5.79. The van der Waals surface area contributed by atoms with Gasteiger partial charge in [0.1, 0.15) is 0 Å². The maximum Gasteiger partial charge on any atom is 0.264 e. The van der Waals surface area contributed by atoms with Crippen molar-refractivity contribution >= 4 is 34.5 Å². The number of hydrogen-bond acceptors (Lipinski definition) is 4. The third kappa shape index (κ3) is 2.87. The highest BCUT2D eigenvalue weighted by molar-refractivity contribution is 7.80. The normalized spacial score (nSPS) is 17.2. The zero-order chi connectivity index (χ0) is 14.9. The molecule has 1 saturated heterocycles. The van der Waals surface area contributed by atoms with Crippen LogP contribution in [0.5, 0.6) is 0 Å². The van der Waals surface area contributed by atoms with Gasteiger partial charge >= 0.3 is 0 Å². The Labute approximate surface area is 129 Å². The Hall–Kier alpha value is -0.980. The summed E-state index contributed by atoms with van der Waals surface area (Å²) in [6, 6.07) is 1.99. The van der Waals surface area contributed by atoms with Crippen molar-refractivity contribution in [3.05, 3.63) is 21.9 Å². The van der Waals surface area contributed by atoms with Crippen LogP contribution in [0.25, 0.3) is 0 Å². The highest BCUT2D eigenvalue weighted by Gasteiger charge is 2.33. The average molecular weight is 311 g/mol. The van der Waals surface area contributed by atoms with Crippen LogP contribution in [-0.4, -0.2) is 52.4 Å². The number of nitrogens with two attached hydrogens (primary N) is 1. The first-order chi connectivity index (χ1) is 9.34. The number of carbonyl (C=O) groups excluding carboxylic acids is 1. The van der Waals surface area contributed by atoms with E-state index in [0.717, 1.165) is 36.6 Å². The van der Waals surface area contributed by atoms with Gasteiger partial charge in [0.25, 0.3) is 5.91 Å². The fraction of sp³-hybridized carbons (Fsp3) is 0.571. The summed E-state index contributed by atoms with van der Waals surface area (Å²) in [6.45, 7) is 9.12. The van der Waals surface area contributed by atoms with Crippen LogP contribution < -0.4 is 5.73 Å².